The van der Waals surface area contributed by atoms with Crippen molar-refractivity contribution in [2.24, 2.45) is 5.41 Å². The summed E-state index contributed by atoms with van der Waals surface area (Å²) in [5.41, 5.74) is 0.341. The average Bonchev–Trinajstić information content (AvgIpc) is 3.05. The summed E-state index contributed by atoms with van der Waals surface area (Å²) in [6.07, 6.45) is 2.81. The molecule has 0 N–H and O–H groups in total. The molecule has 1 aromatic carbocycles. The molecule has 26 heavy (non-hydrogen) atoms. The lowest BCUT2D eigenvalue weighted by Crippen LogP contribution is -2.48. The maximum absolute atomic E-state index is 12.8. The number of halogens is 1. The number of ether oxygens (including phenoxy) is 2. The van der Waals surface area contributed by atoms with Gasteiger partial charge in [-0.2, -0.15) is 0 Å². The van der Waals surface area contributed by atoms with Crippen LogP contribution in [0.25, 0.3) is 0 Å². The number of carbonyl (C=O) groups excluding carboxylic acids is 2. The van der Waals surface area contributed by atoms with E-state index in [0.29, 0.717) is 42.8 Å². The molecule has 3 heterocycles. The van der Waals surface area contributed by atoms with Crippen molar-refractivity contribution in [2.75, 3.05) is 39.9 Å². The van der Waals surface area contributed by atoms with Gasteiger partial charge in [-0.1, -0.05) is 11.6 Å². The number of hydrogen-bond acceptors (Lipinski definition) is 4. The molecule has 0 saturated carbocycles. The Labute approximate surface area is 158 Å². The zero-order valence-electron chi connectivity index (χ0n) is 14.9. The molecule has 1 atom stereocenters. The number of benzene rings is 1. The number of carbonyl (C=O) groups is 2. The Morgan fingerprint density at radius 3 is 2.69 bits per heavy atom. The highest BCUT2D eigenvalue weighted by Crippen LogP contribution is 2.40. The number of amides is 2. The van der Waals surface area contributed by atoms with Crippen LogP contribution in [0.15, 0.2) is 12.1 Å². The van der Waals surface area contributed by atoms with E-state index in [-0.39, 0.29) is 23.7 Å². The standard InChI is InChI=1S/C19H23ClN2O4/c1-21-5-2-3-19(18(21)24)4-6-22(12-19)17(23)10-13-9-15-16(11-14(13)20)26-8-7-25-15/h9,11H,2-8,10,12H2,1H3/t19-/m1/s1. The lowest BCUT2D eigenvalue weighted by Gasteiger charge is -2.37. The summed E-state index contributed by atoms with van der Waals surface area (Å²) in [6, 6.07) is 3.50. The Bertz CT molecular complexity index is 753. The Kier molecular flexibility index (Phi) is 4.47. The molecule has 140 valence electrons. The van der Waals surface area contributed by atoms with Gasteiger partial charge in [-0.05, 0) is 30.9 Å². The second-order valence-corrected chi connectivity index (χ2v) is 7.85. The van der Waals surface area contributed by atoms with E-state index in [1.54, 1.807) is 17.0 Å². The van der Waals surface area contributed by atoms with E-state index < -0.39 is 0 Å². The molecule has 0 aromatic heterocycles. The second-order valence-electron chi connectivity index (χ2n) is 7.44. The first-order chi connectivity index (χ1) is 12.5. The van der Waals surface area contributed by atoms with E-state index in [9.17, 15) is 9.59 Å². The van der Waals surface area contributed by atoms with E-state index in [4.69, 9.17) is 21.1 Å². The van der Waals surface area contributed by atoms with Crippen LogP contribution in [0, 0.1) is 5.41 Å². The summed E-state index contributed by atoms with van der Waals surface area (Å²) < 4.78 is 11.1. The highest BCUT2D eigenvalue weighted by molar-refractivity contribution is 6.31. The quantitative estimate of drug-likeness (QED) is 0.791. The molecule has 2 fully saturated rings. The Hall–Kier alpha value is -1.95. The molecule has 0 bridgehead atoms. The number of likely N-dealkylation sites (tertiary alicyclic amines) is 2. The van der Waals surface area contributed by atoms with Crippen molar-refractivity contribution < 1.29 is 19.1 Å². The fraction of sp³-hybridized carbons (Fsp3) is 0.579. The summed E-state index contributed by atoms with van der Waals surface area (Å²) in [6.45, 7) is 2.94. The molecule has 0 unspecified atom stereocenters. The van der Waals surface area contributed by atoms with E-state index in [1.165, 1.54) is 0 Å². The van der Waals surface area contributed by atoms with Crippen molar-refractivity contribution in [1.29, 1.82) is 0 Å². The van der Waals surface area contributed by atoms with Gasteiger partial charge in [0.05, 0.1) is 11.8 Å². The van der Waals surface area contributed by atoms with Crippen molar-refractivity contribution in [3.63, 3.8) is 0 Å². The molecule has 1 spiro atoms. The van der Waals surface area contributed by atoms with Crippen molar-refractivity contribution in [2.45, 2.75) is 25.7 Å². The fourth-order valence-electron chi connectivity index (χ4n) is 4.25. The van der Waals surface area contributed by atoms with E-state index in [1.807, 2.05) is 11.9 Å². The Morgan fingerprint density at radius 1 is 1.19 bits per heavy atom. The van der Waals surface area contributed by atoms with Crippen molar-refractivity contribution in [3.8, 4) is 11.5 Å². The first-order valence-corrected chi connectivity index (χ1v) is 9.48. The minimum atomic E-state index is -0.390. The van der Waals surface area contributed by atoms with E-state index >= 15 is 0 Å². The van der Waals surface area contributed by atoms with Gasteiger partial charge in [0.1, 0.15) is 13.2 Å². The first kappa shape index (κ1) is 17.5. The molecule has 7 heteroatoms. The van der Waals surface area contributed by atoms with Crippen molar-refractivity contribution in [3.05, 3.63) is 22.7 Å². The molecule has 0 aliphatic carbocycles. The molecule has 0 radical (unpaired) electrons. The van der Waals surface area contributed by atoms with Crippen LogP contribution >= 0.6 is 11.6 Å². The van der Waals surface area contributed by atoms with Crippen LogP contribution in [0.5, 0.6) is 11.5 Å². The summed E-state index contributed by atoms with van der Waals surface area (Å²) in [7, 11) is 1.85. The average molecular weight is 379 g/mol. The summed E-state index contributed by atoms with van der Waals surface area (Å²) >= 11 is 6.33. The third kappa shape index (κ3) is 3.00. The molecule has 2 amide bonds. The van der Waals surface area contributed by atoms with Gasteiger partial charge in [0, 0.05) is 37.8 Å². The summed E-state index contributed by atoms with van der Waals surface area (Å²) in [5, 5.41) is 0.505. The van der Waals surface area contributed by atoms with Gasteiger partial charge >= 0.3 is 0 Å². The van der Waals surface area contributed by atoms with E-state index in [0.717, 1.165) is 31.4 Å². The normalized spacial score (nSPS) is 25.1. The lowest BCUT2D eigenvalue weighted by molar-refractivity contribution is -0.144. The van der Waals surface area contributed by atoms with Gasteiger partial charge in [0.15, 0.2) is 11.5 Å². The predicted octanol–water partition coefficient (Wildman–Crippen LogP) is 2.12. The summed E-state index contributed by atoms with van der Waals surface area (Å²) in [4.78, 5) is 29.1. The van der Waals surface area contributed by atoms with Crippen LogP contribution < -0.4 is 9.47 Å². The number of hydrogen-bond donors (Lipinski definition) is 0. The van der Waals surface area contributed by atoms with Gasteiger partial charge in [-0.25, -0.2) is 0 Å². The van der Waals surface area contributed by atoms with Crippen LogP contribution in [-0.4, -0.2) is 61.5 Å². The van der Waals surface area contributed by atoms with Crippen LogP contribution in [0.2, 0.25) is 5.02 Å². The minimum Gasteiger partial charge on any atom is -0.486 e. The topological polar surface area (TPSA) is 59.1 Å². The van der Waals surface area contributed by atoms with Crippen LogP contribution in [0.4, 0.5) is 0 Å². The van der Waals surface area contributed by atoms with Crippen LogP contribution in [0.1, 0.15) is 24.8 Å². The smallest absolute Gasteiger partial charge is 0.230 e. The number of piperidine rings is 1. The molecular weight excluding hydrogens is 356 g/mol. The predicted molar refractivity (Wildman–Crippen MR) is 96.6 cm³/mol. The molecule has 4 rings (SSSR count). The maximum Gasteiger partial charge on any atom is 0.230 e. The van der Waals surface area contributed by atoms with Gasteiger partial charge in [-0.3, -0.25) is 9.59 Å². The number of fused-ring (bicyclic) bond motifs is 1. The van der Waals surface area contributed by atoms with Gasteiger partial charge < -0.3 is 19.3 Å². The highest BCUT2D eigenvalue weighted by Gasteiger charge is 2.48. The molecule has 2 saturated heterocycles. The van der Waals surface area contributed by atoms with Gasteiger partial charge in [-0.15, -0.1) is 0 Å². The Balaban J connectivity index is 1.47. The van der Waals surface area contributed by atoms with Gasteiger partial charge in [0.25, 0.3) is 0 Å². The zero-order valence-corrected chi connectivity index (χ0v) is 15.7. The molecular formula is C19H23ClN2O4. The fourth-order valence-corrected chi connectivity index (χ4v) is 4.47. The maximum atomic E-state index is 12.8. The van der Waals surface area contributed by atoms with Crippen LogP contribution in [0.3, 0.4) is 0 Å². The van der Waals surface area contributed by atoms with Crippen LogP contribution in [-0.2, 0) is 16.0 Å². The highest BCUT2D eigenvalue weighted by atomic mass is 35.5. The molecule has 3 aliphatic heterocycles. The third-order valence-electron chi connectivity index (χ3n) is 5.71. The number of nitrogens with zero attached hydrogens (tertiary/aromatic N) is 2. The van der Waals surface area contributed by atoms with Crippen molar-refractivity contribution in [1.82, 2.24) is 9.80 Å². The number of rotatable bonds is 2. The summed E-state index contributed by atoms with van der Waals surface area (Å²) in [5.74, 6) is 1.43. The monoisotopic (exact) mass is 378 g/mol. The molecule has 1 aromatic rings. The molecule has 6 nitrogen and oxygen atoms in total. The van der Waals surface area contributed by atoms with E-state index in [2.05, 4.69) is 0 Å². The molecule has 3 aliphatic rings. The largest absolute Gasteiger partial charge is 0.486 e. The van der Waals surface area contributed by atoms with Crippen molar-refractivity contribution >= 4 is 23.4 Å². The van der Waals surface area contributed by atoms with Gasteiger partial charge in [0.2, 0.25) is 11.8 Å². The SMILES string of the molecule is CN1CCC[C@]2(CCN(C(=O)Cc3cc4c(cc3Cl)OCCO4)C2)C1=O. The minimum absolute atomic E-state index is 0.00137. The first-order valence-electron chi connectivity index (χ1n) is 9.10. The lowest BCUT2D eigenvalue weighted by atomic mass is 9.78. The second kappa shape index (κ2) is 6.65. The Morgan fingerprint density at radius 2 is 1.92 bits per heavy atom. The third-order valence-corrected chi connectivity index (χ3v) is 6.06. The zero-order chi connectivity index (χ0) is 18.3.